The summed E-state index contributed by atoms with van der Waals surface area (Å²) >= 11 is 0. The summed E-state index contributed by atoms with van der Waals surface area (Å²) in [5.74, 6) is 0. The van der Waals surface area contributed by atoms with Crippen LogP contribution in [0.15, 0.2) is 78.9 Å². The number of nitrogens with zero attached hydrogens (tertiary/aromatic N) is 1. The van der Waals surface area contributed by atoms with Crippen LogP contribution in [0.5, 0.6) is 0 Å². The van der Waals surface area contributed by atoms with E-state index in [2.05, 4.69) is 86.6 Å². The summed E-state index contributed by atoms with van der Waals surface area (Å²) in [5.41, 5.74) is 8.31. The van der Waals surface area contributed by atoms with Crippen LogP contribution in [0.3, 0.4) is 0 Å². The number of rotatable bonds is 2. The molecule has 1 nitrogen and oxygen atoms in total. The Balaban J connectivity index is 2.14. The van der Waals surface area contributed by atoms with Gasteiger partial charge in [0.05, 0.1) is 11.2 Å². The van der Waals surface area contributed by atoms with Gasteiger partial charge in [-0.05, 0) is 42.2 Å². The number of pyridine rings is 1. The summed E-state index contributed by atoms with van der Waals surface area (Å²) in [6.45, 7) is 4.35. The minimum Gasteiger partial charge on any atom is -0.247 e. The molecule has 0 aliphatic heterocycles. The minimum absolute atomic E-state index is 1.05. The maximum Gasteiger partial charge on any atom is 0.0745 e. The van der Waals surface area contributed by atoms with Crippen LogP contribution >= 0.6 is 0 Å². The lowest BCUT2D eigenvalue weighted by Crippen LogP contribution is -1.96. The summed E-state index contributed by atoms with van der Waals surface area (Å²) in [6.07, 6.45) is 0. The molecule has 0 aliphatic carbocycles. The molecule has 0 atom stereocenters. The molecule has 4 aromatic rings. The van der Waals surface area contributed by atoms with E-state index >= 15 is 0 Å². The van der Waals surface area contributed by atoms with Gasteiger partial charge in [0.1, 0.15) is 0 Å². The van der Waals surface area contributed by atoms with Crippen LogP contribution in [0.2, 0.25) is 0 Å². The van der Waals surface area contributed by atoms with E-state index in [4.69, 9.17) is 4.98 Å². The van der Waals surface area contributed by atoms with Gasteiger partial charge >= 0.3 is 0 Å². The van der Waals surface area contributed by atoms with Gasteiger partial charge < -0.3 is 0 Å². The van der Waals surface area contributed by atoms with E-state index in [1.165, 1.54) is 27.6 Å². The average molecular weight is 309 g/mol. The number of benzene rings is 3. The summed E-state index contributed by atoms with van der Waals surface area (Å²) in [5, 5.41) is 1.25. The van der Waals surface area contributed by atoms with Crippen molar-refractivity contribution in [3.63, 3.8) is 0 Å². The molecule has 0 unspecified atom stereocenters. The van der Waals surface area contributed by atoms with E-state index in [0.29, 0.717) is 0 Å². The van der Waals surface area contributed by atoms with Crippen molar-refractivity contribution in [1.29, 1.82) is 0 Å². The molecule has 24 heavy (non-hydrogen) atoms. The zero-order valence-corrected chi connectivity index (χ0v) is 14.0. The van der Waals surface area contributed by atoms with Crippen LogP contribution in [-0.2, 0) is 0 Å². The van der Waals surface area contributed by atoms with Gasteiger partial charge in [0, 0.05) is 10.9 Å². The summed E-state index contributed by atoms with van der Waals surface area (Å²) < 4.78 is 0. The highest BCUT2D eigenvalue weighted by molar-refractivity contribution is 6.00. The molecule has 0 radical (unpaired) electrons. The van der Waals surface area contributed by atoms with Gasteiger partial charge in [-0.25, -0.2) is 4.98 Å². The highest BCUT2D eigenvalue weighted by atomic mass is 14.7. The molecule has 0 saturated carbocycles. The number of hydrogen-bond acceptors (Lipinski definition) is 1. The molecule has 0 spiro atoms. The highest BCUT2D eigenvalue weighted by Gasteiger charge is 2.15. The third-order valence-corrected chi connectivity index (χ3v) is 4.57. The molecule has 0 saturated heterocycles. The van der Waals surface area contributed by atoms with E-state index in [1.54, 1.807) is 0 Å². The zero-order valence-electron chi connectivity index (χ0n) is 14.0. The van der Waals surface area contributed by atoms with Crippen molar-refractivity contribution in [1.82, 2.24) is 4.98 Å². The van der Waals surface area contributed by atoms with Crippen molar-refractivity contribution in [2.45, 2.75) is 13.8 Å². The van der Waals surface area contributed by atoms with E-state index < -0.39 is 0 Å². The largest absolute Gasteiger partial charge is 0.247 e. The van der Waals surface area contributed by atoms with Crippen LogP contribution in [0.25, 0.3) is 33.3 Å². The second-order valence-corrected chi connectivity index (χ2v) is 6.16. The van der Waals surface area contributed by atoms with Crippen LogP contribution in [0.4, 0.5) is 0 Å². The molecule has 0 N–H and O–H groups in total. The first kappa shape index (κ1) is 14.6. The Morgan fingerprint density at radius 3 is 1.92 bits per heavy atom. The van der Waals surface area contributed by atoms with Gasteiger partial charge in [-0.2, -0.15) is 0 Å². The first-order chi connectivity index (χ1) is 11.8. The van der Waals surface area contributed by atoms with E-state index in [0.717, 1.165) is 16.8 Å². The molecule has 4 rings (SSSR count). The van der Waals surface area contributed by atoms with Crippen molar-refractivity contribution in [3.8, 4) is 22.4 Å². The fraction of sp³-hybridized carbons (Fsp3) is 0.0870. The fourth-order valence-corrected chi connectivity index (χ4v) is 3.42. The van der Waals surface area contributed by atoms with E-state index in [1.807, 2.05) is 6.07 Å². The summed E-state index contributed by atoms with van der Waals surface area (Å²) in [6, 6.07) is 27.4. The number of aryl methyl sites for hydroxylation is 1. The Hall–Kier alpha value is -2.93. The van der Waals surface area contributed by atoms with Crippen molar-refractivity contribution >= 4 is 10.9 Å². The second-order valence-electron chi connectivity index (χ2n) is 6.16. The molecule has 1 heterocycles. The molecular formula is C23H19N. The zero-order chi connectivity index (χ0) is 16.5. The SMILES string of the molecule is Cc1c(-c2ccccc2)nc2cccc(C)c2c1-c1ccccc1. The Morgan fingerprint density at radius 2 is 1.25 bits per heavy atom. The first-order valence-corrected chi connectivity index (χ1v) is 8.26. The van der Waals surface area contributed by atoms with Crippen LogP contribution < -0.4 is 0 Å². The normalized spacial score (nSPS) is 10.9. The predicted octanol–water partition coefficient (Wildman–Crippen LogP) is 6.19. The average Bonchev–Trinajstić information content (AvgIpc) is 2.63. The molecule has 0 fully saturated rings. The van der Waals surface area contributed by atoms with Gasteiger partial charge in [-0.15, -0.1) is 0 Å². The smallest absolute Gasteiger partial charge is 0.0745 e. The fourth-order valence-electron chi connectivity index (χ4n) is 3.42. The molecule has 0 aliphatic rings. The van der Waals surface area contributed by atoms with E-state index in [-0.39, 0.29) is 0 Å². The number of aromatic nitrogens is 1. The second kappa shape index (κ2) is 5.93. The standard InChI is InChI=1S/C23H19N/c1-16-10-9-15-20-21(16)22(18-11-5-3-6-12-18)17(2)23(24-20)19-13-7-4-8-14-19/h3-15H,1-2H3. The van der Waals surface area contributed by atoms with Gasteiger partial charge in [-0.1, -0.05) is 72.8 Å². The minimum atomic E-state index is 1.05. The van der Waals surface area contributed by atoms with Crippen LogP contribution in [-0.4, -0.2) is 4.98 Å². The number of fused-ring (bicyclic) bond motifs is 1. The van der Waals surface area contributed by atoms with Gasteiger partial charge in [0.25, 0.3) is 0 Å². The monoisotopic (exact) mass is 309 g/mol. The predicted molar refractivity (Wildman–Crippen MR) is 102 cm³/mol. The first-order valence-electron chi connectivity index (χ1n) is 8.26. The molecule has 0 amide bonds. The Labute approximate surface area is 142 Å². The Bertz CT molecular complexity index is 1000. The van der Waals surface area contributed by atoms with Crippen molar-refractivity contribution in [2.75, 3.05) is 0 Å². The maximum absolute atomic E-state index is 4.99. The summed E-state index contributed by atoms with van der Waals surface area (Å²) in [4.78, 5) is 4.99. The van der Waals surface area contributed by atoms with E-state index in [9.17, 15) is 0 Å². The molecule has 1 aromatic heterocycles. The lowest BCUT2D eigenvalue weighted by atomic mass is 9.91. The number of hydrogen-bond donors (Lipinski definition) is 0. The molecule has 1 heteroatoms. The molecule has 116 valence electrons. The maximum atomic E-state index is 4.99. The van der Waals surface area contributed by atoms with Gasteiger partial charge in [-0.3, -0.25) is 0 Å². The van der Waals surface area contributed by atoms with Crippen molar-refractivity contribution in [3.05, 3.63) is 90.0 Å². The Kier molecular flexibility index (Phi) is 3.62. The van der Waals surface area contributed by atoms with Gasteiger partial charge in [0.15, 0.2) is 0 Å². The topological polar surface area (TPSA) is 12.9 Å². The van der Waals surface area contributed by atoms with Crippen molar-refractivity contribution in [2.24, 2.45) is 0 Å². The molecule has 3 aromatic carbocycles. The third kappa shape index (κ3) is 2.39. The van der Waals surface area contributed by atoms with Gasteiger partial charge in [0.2, 0.25) is 0 Å². The van der Waals surface area contributed by atoms with Crippen LogP contribution in [0.1, 0.15) is 11.1 Å². The van der Waals surface area contributed by atoms with Crippen molar-refractivity contribution < 1.29 is 0 Å². The lowest BCUT2D eigenvalue weighted by molar-refractivity contribution is 1.32. The Morgan fingerprint density at radius 1 is 0.625 bits per heavy atom. The summed E-state index contributed by atoms with van der Waals surface area (Å²) in [7, 11) is 0. The van der Waals surface area contributed by atoms with Crippen LogP contribution in [0, 0.1) is 13.8 Å². The third-order valence-electron chi connectivity index (χ3n) is 4.57. The quantitative estimate of drug-likeness (QED) is 0.430. The highest BCUT2D eigenvalue weighted by Crippen LogP contribution is 2.37. The molecule has 0 bridgehead atoms. The lowest BCUT2D eigenvalue weighted by Gasteiger charge is -2.16. The molecular weight excluding hydrogens is 290 g/mol.